The molecule has 0 aromatic heterocycles. The highest BCUT2D eigenvalue weighted by Gasteiger charge is 2.85. The molecule has 3 aliphatic heterocycles. The summed E-state index contributed by atoms with van der Waals surface area (Å²) in [6, 6.07) is 0. The van der Waals surface area contributed by atoms with Gasteiger partial charge in [0.1, 0.15) is 0 Å². The van der Waals surface area contributed by atoms with Gasteiger partial charge in [0.25, 0.3) is 0 Å². The lowest BCUT2D eigenvalue weighted by molar-refractivity contribution is -0.291. The minimum Gasteiger partial charge on any atom is -0.453 e. The van der Waals surface area contributed by atoms with E-state index in [1.54, 1.807) is 0 Å². The van der Waals surface area contributed by atoms with E-state index in [9.17, 15) is 15.0 Å². The maximum atomic E-state index is 13.9. The van der Waals surface area contributed by atoms with Gasteiger partial charge in [-0.1, -0.05) is 13.8 Å². The first kappa shape index (κ1) is 22.5. The third-order valence-electron chi connectivity index (χ3n) is 12.7. The SMILES string of the molecule is C[C@H]1C[C@]2(O[C@H]3C[C@H]4[C@@H]5CC[C@H]6C[C@H](O)CC[C@]6(C)[C@H]5[C@@H](O)C[C@@]45C(=O)O[C@]2(C)[C@@H]35)OC1(C)C. The van der Waals surface area contributed by atoms with Gasteiger partial charge in [0, 0.05) is 12.3 Å². The monoisotopic (exact) mass is 474 g/mol. The lowest BCUT2D eigenvalue weighted by Crippen LogP contribution is -2.61. The van der Waals surface area contributed by atoms with Crippen LogP contribution in [-0.4, -0.2) is 51.5 Å². The van der Waals surface area contributed by atoms with Crippen LogP contribution in [0.2, 0.25) is 0 Å². The zero-order chi connectivity index (χ0) is 24.1. The van der Waals surface area contributed by atoms with Crippen LogP contribution in [0.1, 0.15) is 86.0 Å². The van der Waals surface area contributed by atoms with Gasteiger partial charge < -0.3 is 24.4 Å². The third-order valence-corrected chi connectivity index (χ3v) is 12.7. The molecule has 0 radical (unpaired) electrons. The summed E-state index contributed by atoms with van der Waals surface area (Å²) < 4.78 is 19.9. The van der Waals surface area contributed by atoms with E-state index in [-0.39, 0.29) is 46.9 Å². The fraction of sp³-hybridized carbons (Fsp3) is 0.964. The van der Waals surface area contributed by atoms with Crippen molar-refractivity contribution in [3.8, 4) is 0 Å². The molecule has 3 heterocycles. The molecule has 2 N–H and O–H groups in total. The molecule has 3 saturated heterocycles. The van der Waals surface area contributed by atoms with Crippen molar-refractivity contribution in [1.29, 1.82) is 0 Å². The normalized spacial score (nSPS) is 63.3. The average molecular weight is 475 g/mol. The van der Waals surface area contributed by atoms with E-state index in [1.807, 2.05) is 0 Å². The second-order valence-electron chi connectivity index (χ2n) is 14.2. The minimum absolute atomic E-state index is 0.0305. The zero-order valence-electron chi connectivity index (χ0n) is 21.4. The van der Waals surface area contributed by atoms with Crippen LogP contribution in [0.15, 0.2) is 0 Å². The molecule has 2 spiro atoms. The summed E-state index contributed by atoms with van der Waals surface area (Å²) in [5.74, 6) is 0.376. The summed E-state index contributed by atoms with van der Waals surface area (Å²) in [7, 11) is 0. The Bertz CT molecular complexity index is 934. The highest BCUT2D eigenvalue weighted by Crippen LogP contribution is 2.76. The molecule has 7 fully saturated rings. The van der Waals surface area contributed by atoms with Gasteiger partial charge in [-0.2, -0.15) is 0 Å². The van der Waals surface area contributed by atoms with Crippen LogP contribution in [-0.2, 0) is 19.0 Å². The van der Waals surface area contributed by atoms with Crippen molar-refractivity contribution < 1.29 is 29.2 Å². The molecule has 7 rings (SSSR count). The molecule has 7 aliphatic rings. The average Bonchev–Trinajstić information content (AvgIpc) is 3.34. The third kappa shape index (κ3) is 2.32. The predicted molar refractivity (Wildman–Crippen MR) is 123 cm³/mol. The first-order valence-electron chi connectivity index (χ1n) is 13.9. The Morgan fingerprint density at radius 1 is 1.00 bits per heavy atom. The summed E-state index contributed by atoms with van der Waals surface area (Å²) >= 11 is 0. The molecule has 0 amide bonds. The number of rotatable bonds is 0. The number of carbonyl (C=O) groups is 1. The van der Waals surface area contributed by atoms with Gasteiger partial charge in [0.2, 0.25) is 5.79 Å². The van der Waals surface area contributed by atoms with Crippen molar-refractivity contribution in [2.75, 3.05) is 0 Å². The van der Waals surface area contributed by atoms with Crippen molar-refractivity contribution in [1.82, 2.24) is 0 Å². The Morgan fingerprint density at radius 2 is 1.76 bits per heavy atom. The Balaban J connectivity index is 1.28. The van der Waals surface area contributed by atoms with Crippen LogP contribution in [0.3, 0.4) is 0 Å². The molecular weight excluding hydrogens is 432 g/mol. The number of ether oxygens (including phenoxy) is 3. The summed E-state index contributed by atoms with van der Waals surface area (Å²) in [4.78, 5) is 13.9. The van der Waals surface area contributed by atoms with E-state index in [0.29, 0.717) is 24.2 Å². The van der Waals surface area contributed by atoms with Gasteiger partial charge in [-0.15, -0.1) is 0 Å². The van der Waals surface area contributed by atoms with Gasteiger partial charge in [-0.3, -0.25) is 4.79 Å². The lowest BCUT2D eigenvalue weighted by Gasteiger charge is -2.61. The fourth-order valence-electron chi connectivity index (χ4n) is 10.9. The molecule has 0 bridgehead atoms. The summed E-state index contributed by atoms with van der Waals surface area (Å²) in [6.07, 6.45) is 6.03. The van der Waals surface area contributed by atoms with E-state index < -0.39 is 22.9 Å². The number of aliphatic hydroxyl groups is 2. The molecule has 4 saturated carbocycles. The predicted octanol–water partition coefficient (Wildman–Crippen LogP) is 3.81. The molecule has 0 aromatic rings. The first-order valence-corrected chi connectivity index (χ1v) is 13.9. The van der Waals surface area contributed by atoms with Gasteiger partial charge in [-0.05, 0) is 101 Å². The molecular formula is C28H42O6. The van der Waals surface area contributed by atoms with Crippen LogP contribution in [0.4, 0.5) is 0 Å². The second kappa shape index (κ2) is 6.41. The largest absolute Gasteiger partial charge is 0.453 e. The standard InChI is InChI=1S/C28H42O6/c1-14-12-28(34-24(14,2)3)26(5)22-20(32-28)11-18-17-7-6-15-10-16(29)8-9-25(15,4)21(17)19(30)13-27(18,22)23(31)33-26/h14-22,29-30H,6-13H2,1-5H3/t14-,15-,16+,17-,18-,19-,20-,21+,22+,25-,26+,27+,28-/m0/s1. The number of fused-ring (bicyclic) bond motifs is 5. The molecule has 34 heavy (non-hydrogen) atoms. The number of aliphatic hydroxyl groups excluding tert-OH is 2. The van der Waals surface area contributed by atoms with Crippen molar-refractivity contribution in [3.63, 3.8) is 0 Å². The van der Waals surface area contributed by atoms with Crippen molar-refractivity contribution in [2.24, 2.45) is 46.3 Å². The highest BCUT2D eigenvalue weighted by atomic mass is 16.8. The Kier molecular flexibility index (Phi) is 4.24. The fourth-order valence-corrected chi connectivity index (χ4v) is 10.9. The number of carbonyl (C=O) groups excluding carboxylic acids is 1. The second-order valence-corrected chi connectivity index (χ2v) is 14.2. The molecule has 6 heteroatoms. The number of hydrogen-bond donors (Lipinski definition) is 2. The van der Waals surface area contributed by atoms with E-state index >= 15 is 0 Å². The smallest absolute Gasteiger partial charge is 0.313 e. The lowest BCUT2D eigenvalue weighted by atomic mass is 9.43. The van der Waals surface area contributed by atoms with Crippen LogP contribution >= 0.6 is 0 Å². The molecule has 0 unspecified atom stereocenters. The van der Waals surface area contributed by atoms with Crippen LogP contribution in [0, 0.1) is 46.3 Å². The summed E-state index contributed by atoms with van der Waals surface area (Å²) in [6.45, 7) is 10.8. The van der Waals surface area contributed by atoms with E-state index in [4.69, 9.17) is 14.2 Å². The van der Waals surface area contributed by atoms with Gasteiger partial charge in [0.15, 0.2) is 5.60 Å². The maximum Gasteiger partial charge on any atom is 0.313 e. The number of hydrogen-bond acceptors (Lipinski definition) is 6. The molecule has 190 valence electrons. The van der Waals surface area contributed by atoms with E-state index in [1.165, 1.54) is 0 Å². The molecule has 6 nitrogen and oxygen atoms in total. The minimum atomic E-state index is -0.889. The first-order chi connectivity index (χ1) is 15.9. The summed E-state index contributed by atoms with van der Waals surface area (Å²) in [5, 5.41) is 22.1. The quantitative estimate of drug-likeness (QED) is 0.520. The van der Waals surface area contributed by atoms with Gasteiger partial charge in [-0.25, -0.2) is 0 Å². The Morgan fingerprint density at radius 3 is 2.47 bits per heavy atom. The van der Waals surface area contributed by atoms with Crippen molar-refractivity contribution in [2.45, 2.75) is 121 Å². The number of esters is 1. The van der Waals surface area contributed by atoms with Crippen molar-refractivity contribution in [3.05, 3.63) is 0 Å². The Labute approximate surface area is 203 Å². The highest BCUT2D eigenvalue weighted by molar-refractivity contribution is 5.83. The Hall–Kier alpha value is -0.690. The van der Waals surface area contributed by atoms with Crippen molar-refractivity contribution >= 4 is 5.97 Å². The molecule has 4 aliphatic carbocycles. The summed E-state index contributed by atoms with van der Waals surface area (Å²) in [5.41, 5.74) is -1.78. The van der Waals surface area contributed by atoms with Crippen LogP contribution in [0.5, 0.6) is 0 Å². The maximum absolute atomic E-state index is 13.9. The van der Waals surface area contributed by atoms with E-state index in [0.717, 1.165) is 44.9 Å². The zero-order valence-corrected chi connectivity index (χ0v) is 21.4. The van der Waals surface area contributed by atoms with Crippen LogP contribution in [0.25, 0.3) is 0 Å². The molecule has 13 atom stereocenters. The topological polar surface area (TPSA) is 85.2 Å². The van der Waals surface area contributed by atoms with E-state index in [2.05, 4.69) is 34.6 Å². The van der Waals surface area contributed by atoms with Crippen LogP contribution < -0.4 is 0 Å². The van der Waals surface area contributed by atoms with Gasteiger partial charge in [0.05, 0.1) is 29.3 Å². The molecule has 0 aromatic carbocycles. The van der Waals surface area contributed by atoms with Gasteiger partial charge >= 0.3 is 5.97 Å².